The predicted octanol–water partition coefficient (Wildman–Crippen LogP) is 1.25. The largest absolute Gasteiger partial charge is 0.396 e. The number of thiazole rings is 1. The molecule has 2 rings (SSSR count). The summed E-state index contributed by atoms with van der Waals surface area (Å²) in [6.07, 6.45) is 0.847. The van der Waals surface area contributed by atoms with Gasteiger partial charge in [0.05, 0.1) is 0 Å². The lowest BCUT2D eigenvalue weighted by molar-refractivity contribution is 0.0787. The maximum atomic E-state index is 12.4. The first-order valence-electron chi connectivity index (χ1n) is 6.91. The fourth-order valence-electron chi connectivity index (χ4n) is 2.16. The van der Waals surface area contributed by atoms with Crippen molar-refractivity contribution in [1.82, 2.24) is 9.88 Å². The van der Waals surface area contributed by atoms with E-state index < -0.39 is 0 Å². The van der Waals surface area contributed by atoms with E-state index in [9.17, 15) is 4.79 Å². The highest BCUT2D eigenvalue weighted by molar-refractivity contribution is 7.18. The Balaban J connectivity index is 2.03. The number of aliphatic hydroxyl groups excluding tert-OH is 1. The molecule has 1 aromatic heterocycles. The van der Waals surface area contributed by atoms with Gasteiger partial charge in [0.1, 0.15) is 10.7 Å². The molecule has 20 heavy (non-hydrogen) atoms. The van der Waals surface area contributed by atoms with E-state index in [-0.39, 0.29) is 18.4 Å². The lowest BCUT2D eigenvalue weighted by Gasteiger charge is -2.14. The summed E-state index contributed by atoms with van der Waals surface area (Å²) < 4.78 is 0. The molecule has 1 unspecified atom stereocenters. The van der Waals surface area contributed by atoms with Crippen LogP contribution in [0.5, 0.6) is 0 Å². The molecule has 1 fully saturated rings. The molecule has 0 spiro atoms. The fraction of sp³-hybridized carbons (Fsp3) is 0.692. The van der Waals surface area contributed by atoms with Gasteiger partial charge in [0.25, 0.3) is 5.91 Å². The van der Waals surface area contributed by atoms with Gasteiger partial charge in [-0.1, -0.05) is 25.2 Å². The number of amides is 1. The number of nitrogens with one attached hydrogen (secondary N) is 1. The number of hydrogen-bond acceptors (Lipinski definition) is 6. The van der Waals surface area contributed by atoms with Crippen LogP contribution >= 0.6 is 11.3 Å². The number of aromatic nitrogens is 1. The number of nitrogens with two attached hydrogens (primary N) is 1. The van der Waals surface area contributed by atoms with Crippen LogP contribution in [0, 0.1) is 11.8 Å². The van der Waals surface area contributed by atoms with Crippen LogP contribution < -0.4 is 11.1 Å². The van der Waals surface area contributed by atoms with Gasteiger partial charge in [-0.2, -0.15) is 0 Å². The van der Waals surface area contributed by atoms with Crippen LogP contribution in [0.1, 0.15) is 29.9 Å². The first kappa shape index (κ1) is 15.1. The SMILES string of the molecule is CC(C)CNc1nc(N)c(C(=O)N2CCC(CO)C2)s1. The van der Waals surface area contributed by atoms with Crippen LogP contribution in [0.15, 0.2) is 0 Å². The molecular weight excluding hydrogens is 276 g/mol. The summed E-state index contributed by atoms with van der Waals surface area (Å²) in [6, 6.07) is 0. The number of hydrogen-bond donors (Lipinski definition) is 3. The highest BCUT2D eigenvalue weighted by Gasteiger charge is 2.29. The topological polar surface area (TPSA) is 91.5 Å². The van der Waals surface area contributed by atoms with Gasteiger partial charge < -0.3 is 21.1 Å². The Hall–Kier alpha value is -1.34. The first-order valence-corrected chi connectivity index (χ1v) is 7.73. The fourth-order valence-corrected chi connectivity index (χ4v) is 3.02. The number of nitrogen functional groups attached to an aromatic ring is 1. The molecular formula is C13H22N4O2S. The maximum Gasteiger partial charge on any atom is 0.267 e. The van der Waals surface area contributed by atoms with Crippen molar-refractivity contribution in [3.63, 3.8) is 0 Å². The number of rotatable bonds is 5. The molecule has 1 saturated heterocycles. The Bertz CT molecular complexity index is 475. The predicted molar refractivity (Wildman–Crippen MR) is 81.0 cm³/mol. The number of aliphatic hydroxyl groups is 1. The van der Waals surface area contributed by atoms with Gasteiger partial charge in [0, 0.05) is 32.2 Å². The average molecular weight is 298 g/mol. The third-order valence-corrected chi connectivity index (χ3v) is 4.36. The number of carbonyl (C=O) groups excluding carboxylic acids is 1. The second-order valence-corrected chi connectivity index (χ2v) is 6.60. The van der Waals surface area contributed by atoms with Crippen LogP contribution in [0.4, 0.5) is 10.9 Å². The maximum absolute atomic E-state index is 12.4. The van der Waals surface area contributed by atoms with Crippen molar-refractivity contribution in [2.75, 3.05) is 37.3 Å². The molecule has 1 amide bonds. The van der Waals surface area contributed by atoms with Crippen molar-refractivity contribution in [2.45, 2.75) is 20.3 Å². The Labute approximate surface area is 123 Å². The molecule has 7 heteroatoms. The molecule has 1 atom stereocenters. The highest BCUT2D eigenvalue weighted by Crippen LogP contribution is 2.28. The van der Waals surface area contributed by atoms with Crippen LogP contribution in [-0.4, -0.2) is 47.1 Å². The molecule has 1 aromatic rings. The van der Waals surface area contributed by atoms with E-state index in [1.807, 2.05) is 0 Å². The molecule has 0 aromatic carbocycles. The van der Waals surface area contributed by atoms with E-state index >= 15 is 0 Å². The lowest BCUT2D eigenvalue weighted by atomic mass is 10.1. The van der Waals surface area contributed by atoms with Gasteiger partial charge in [0.2, 0.25) is 0 Å². The van der Waals surface area contributed by atoms with Crippen molar-refractivity contribution in [3.8, 4) is 0 Å². The smallest absolute Gasteiger partial charge is 0.267 e. The van der Waals surface area contributed by atoms with Gasteiger partial charge in [0.15, 0.2) is 5.13 Å². The van der Waals surface area contributed by atoms with Crippen molar-refractivity contribution in [2.24, 2.45) is 11.8 Å². The van der Waals surface area contributed by atoms with Gasteiger partial charge >= 0.3 is 0 Å². The zero-order chi connectivity index (χ0) is 14.7. The quantitative estimate of drug-likeness (QED) is 0.761. The van der Waals surface area contributed by atoms with Gasteiger partial charge in [-0.15, -0.1) is 0 Å². The molecule has 1 aliphatic rings. The molecule has 6 nitrogen and oxygen atoms in total. The summed E-state index contributed by atoms with van der Waals surface area (Å²) in [5, 5.41) is 13.0. The number of anilines is 2. The Morgan fingerprint density at radius 2 is 2.40 bits per heavy atom. The van der Waals surface area contributed by atoms with Crippen LogP contribution in [-0.2, 0) is 0 Å². The Morgan fingerprint density at radius 3 is 3.00 bits per heavy atom. The van der Waals surface area contributed by atoms with E-state index in [1.54, 1.807) is 4.90 Å². The third-order valence-electron chi connectivity index (χ3n) is 3.34. The summed E-state index contributed by atoms with van der Waals surface area (Å²) in [5.74, 6) is 0.905. The van der Waals surface area contributed by atoms with Gasteiger partial charge in [-0.25, -0.2) is 4.98 Å². The normalized spacial score (nSPS) is 18.8. The van der Waals surface area contributed by atoms with Crippen molar-refractivity contribution < 1.29 is 9.90 Å². The second-order valence-electron chi connectivity index (χ2n) is 5.60. The van der Waals surface area contributed by atoms with E-state index in [2.05, 4.69) is 24.1 Å². The molecule has 0 saturated carbocycles. The Kier molecular flexibility index (Phi) is 4.82. The van der Waals surface area contributed by atoms with E-state index in [1.165, 1.54) is 11.3 Å². The summed E-state index contributed by atoms with van der Waals surface area (Å²) in [7, 11) is 0. The van der Waals surface area contributed by atoms with E-state index in [4.69, 9.17) is 10.8 Å². The van der Waals surface area contributed by atoms with Crippen molar-refractivity contribution in [3.05, 3.63) is 4.88 Å². The molecule has 112 valence electrons. The summed E-state index contributed by atoms with van der Waals surface area (Å²) in [4.78, 5) is 18.8. The number of nitrogens with zero attached hydrogens (tertiary/aromatic N) is 2. The van der Waals surface area contributed by atoms with Crippen molar-refractivity contribution >= 4 is 28.2 Å². The molecule has 1 aliphatic heterocycles. The third kappa shape index (κ3) is 3.40. The van der Waals surface area contributed by atoms with Gasteiger partial charge in [-0.3, -0.25) is 4.79 Å². The lowest BCUT2D eigenvalue weighted by Crippen LogP contribution is -2.29. The number of likely N-dealkylation sites (tertiary alicyclic amines) is 1. The zero-order valence-electron chi connectivity index (χ0n) is 11.9. The zero-order valence-corrected chi connectivity index (χ0v) is 12.7. The van der Waals surface area contributed by atoms with Gasteiger partial charge in [-0.05, 0) is 12.3 Å². The minimum atomic E-state index is -0.0754. The second kappa shape index (κ2) is 6.41. The molecule has 0 aliphatic carbocycles. The van der Waals surface area contributed by atoms with Crippen LogP contribution in [0.2, 0.25) is 0 Å². The molecule has 0 radical (unpaired) electrons. The summed E-state index contributed by atoms with van der Waals surface area (Å²) >= 11 is 1.30. The number of carbonyl (C=O) groups is 1. The molecule has 2 heterocycles. The highest BCUT2D eigenvalue weighted by atomic mass is 32.1. The summed E-state index contributed by atoms with van der Waals surface area (Å²) in [6.45, 7) is 6.42. The minimum Gasteiger partial charge on any atom is -0.396 e. The summed E-state index contributed by atoms with van der Waals surface area (Å²) in [5.41, 5.74) is 5.85. The van der Waals surface area contributed by atoms with Crippen LogP contribution in [0.3, 0.4) is 0 Å². The van der Waals surface area contributed by atoms with E-state index in [0.717, 1.165) is 13.0 Å². The molecule has 0 bridgehead atoms. The standard InChI is InChI=1S/C13H22N4O2S/c1-8(2)5-15-13-16-11(14)10(20-13)12(19)17-4-3-9(6-17)7-18/h8-9,18H,3-7,14H2,1-2H3,(H,15,16). The monoisotopic (exact) mass is 298 g/mol. The van der Waals surface area contributed by atoms with Crippen LogP contribution in [0.25, 0.3) is 0 Å². The molecule has 4 N–H and O–H groups in total. The average Bonchev–Trinajstić information content (AvgIpc) is 3.02. The first-order chi connectivity index (χ1) is 9.51. The minimum absolute atomic E-state index is 0.0754. The van der Waals surface area contributed by atoms with Crippen molar-refractivity contribution in [1.29, 1.82) is 0 Å². The Morgan fingerprint density at radius 1 is 1.65 bits per heavy atom. The van der Waals surface area contributed by atoms with E-state index in [0.29, 0.717) is 34.8 Å².